The predicted octanol–water partition coefficient (Wildman–Crippen LogP) is 3.31. The van der Waals surface area contributed by atoms with Gasteiger partial charge in [0.2, 0.25) is 17.7 Å². The Balaban J connectivity index is 1.59. The van der Waals surface area contributed by atoms with Gasteiger partial charge in [-0.25, -0.2) is 0 Å². The summed E-state index contributed by atoms with van der Waals surface area (Å²) < 4.78 is 7.01. The number of aliphatic hydroxyl groups is 1. The second-order valence-corrected chi connectivity index (χ2v) is 11.2. The third kappa shape index (κ3) is 4.51. The highest BCUT2D eigenvalue weighted by molar-refractivity contribution is 6.04. The lowest BCUT2D eigenvalue weighted by molar-refractivity contribution is -0.152. The number of para-hydroxylation sites is 1. The number of carbonyl (C=O) groups excluding carboxylic acids is 3. The summed E-state index contributed by atoms with van der Waals surface area (Å²) in [7, 11) is 0. The van der Waals surface area contributed by atoms with Crippen LogP contribution >= 0.6 is 0 Å². The van der Waals surface area contributed by atoms with E-state index in [9.17, 15) is 19.5 Å². The zero-order valence-corrected chi connectivity index (χ0v) is 23.1. The van der Waals surface area contributed by atoms with E-state index in [0.29, 0.717) is 45.4 Å². The monoisotopic (exact) mass is 535 g/mol. The van der Waals surface area contributed by atoms with E-state index in [1.165, 1.54) is 0 Å². The van der Waals surface area contributed by atoms with Crippen LogP contribution in [0.15, 0.2) is 54.6 Å². The number of carbonyl (C=O) groups is 3. The molecule has 2 saturated heterocycles. The van der Waals surface area contributed by atoms with Crippen molar-refractivity contribution in [3.8, 4) is 0 Å². The lowest BCUT2D eigenvalue weighted by Gasteiger charge is -2.38. The lowest BCUT2D eigenvalue weighted by atomic mass is 9.73. The number of hydrogen-bond acceptors (Lipinski definition) is 5. The highest BCUT2D eigenvalue weighted by Gasteiger charge is 2.75. The molecule has 0 bridgehead atoms. The fourth-order valence-electron chi connectivity index (χ4n) is 7.01. The van der Waals surface area contributed by atoms with E-state index in [1.54, 1.807) is 9.80 Å². The number of likely N-dealkylation sites (tertiary alicyclic amines) is 1. The molecule has 1 aromatic rings. The molecule has 1 spiro atoms. The number of benzene rings is 1. The van der Waals surface area contributed by atoms with Gasteiger partial charge in [-0.15, -0.1) is 0 Å². The Kier molecular flexibility index (Phi) is 7.96. The number of fused-ring (bicyclic) bond motifs is 2. The van der Waals surface area contributed by atoms with Crippen molar-refractivity contribution in [1.82, 2.24) is 9.80 Å². The van der Waals surface area contributed by atoms with E-state index in [4.69, 9.17) is 4.74 Å². The van der Waals surface area contributed by atoms with Crippen molar-refractivity contribution in [1.29, 1.82) is 0 Å². The van der Waals surface area contributed by atoms with Crippen LogP contribution < -0.4 is 4.90 Å². The van der Waals surface area contributed by atoms with E-state index >= 15 is 0 Å². The van der Waals surface area contributed by atoms with Crippen molar-refractivity contribution in [3.63, 3.8) is 0 Å². The van der Waals surface area contributed by atoms with E-state index < -0.39 is 29.1 Å². The summed E-state index contributed by atoms with van der Waals surface area (Å²) in [6, 6.07) is 8.71. The molecule has 3 amide bonds. The van der Waals surface area contributed by atoms with Gasteiger partial charge >= 0.3 is 0 Å². The number of anilines is 1. The first-order valence-electron chi connectivity index (χ1n) is 14.6. The summed E-state index contributed by atoms with van der Waals surface area (Å²) in [5.41, 5.74) is -1.42. The maximum atomic E-state index is 14.4. The second kappa shape index (κ2) is 11.3. The molecule has 0 radical (unpaired) electrons. The molecule has 5 atom stereocenters. The van der Waals surface area contributed by atoms with Crippen LogP contribution in [0.1, 0.15) is 52.4 Å². The normalized spacial score (nSPS) is 31.8. The van der Waals surface area contributed by atoms with E-state index in [0.717, 1.165) is 24.9 Å². The maximum Gasteiger partial charge on any atom is 0.249 e. The Morgan fingerprint density at radius 2 is 1.64 bits per heavy atom. The average molecular weight is 536 g/mol. The fraction of sp³-hybridized carbons (Fsp3) is 0.581. The quantitative estimate of drug-likeness (QED) is 0.367. The highest BCUT2D eigenvalue weighted by atomic mass is 16.5. The lowest BCUT2D eigenvalue weighted by Crippen LogP contribution is -2.56. The van der Waals surface area contributed by atoms with Gasteiger partial charge in [-0.05, 0) is 44.2 Å². The second-order valence-electron chi connectivity index (χ2n) is 11.2. The molecule has 39 heavy (non-hydrogen) atoms. The molecule has 8 nitrogen and oxygen atoms in total. The van der Waals surface area contributed by atoms with Gasteiger partial charge in [0.15, 0.2) is 0 Å². The standard InChI is InChI=1S/C31H41N3O5/c1-3-5-18-32-19-13-17-31-25(28(37)34(26(31)29(32)38)20-10-7-11-22-35)24-27(36)33(23-14-8-6-9-15-23)21-12-16-30(24,4-2)39-31/h6,8-9,12-17,24-26,35H,3-5,7,10-11,18-22H2,1-2H3/t24-,25+,26?,30+,31+/m1/s1. The molecule has 0 aromatic heterocycles. The van der Waals surface area contributed by atoms with Crippen molar-refractivity contribution >= 4 is 23.4 Å². The highest BCUT2D eigenvalue weighted by Crippen LogP contribution is 2.58. The minimum atomic E-state index is -1.22. The van der Waals surface area contributed by atoms with Crippen LogP contribution in [0, 0.1) is 11.8 Å². The number of aliphatic hydroxyl groups excluding tert-OH is 1. The zero-order chi connectivity index (χ0) is 27.6. The van der Waals surface area contributed by atoms with Gasteiger partial charge in [-0.2, -0.15) is 0 Å². The van der Waals surface area contributed by atoms with Gasteiger partial charge in [-0.3, -0.25) is 14.4 Å². The zero-order valence-electron chi connectivity index (χ0n) is 23.1. The van der Waals surface area contributed by atoms with Gasteiger partial charge in [0.25, 0.3) is 0 Å². The smallest absolute Gasteiger partial charge is 0.249 e. The van der Waals surface area contributed by atoms with Gasteiger partial charge < -0.3 is 24.5 Å². The van der Waals surface area contributed by atoms with Gasteiger partial charge in [0.05, 0.1) is 17.4 Å². The van der Waals surface area contributed by atoms with Crippen molar-refractivity contribution in [3.05, 3.63) is 54.6 Å². The first-order chi connectivity index (χ1) is 18.9. The molecule has 1 unspecified atom stereocenters. The fourth-order valence-corrected chi connectivity index (χ4v) is 7.01. The molecule has 1 aromatic carbocycles. The number of unbranched alkanes of at least 4 members (excludes halogenated alkanes) is 3. The summed E-state index contributed by atoms with van der Waals surface area (Å²) in [5, 5.41) is 9.26. The Bertz CT molecular complexity index is 1140. The van der Waals surface area contributed by atoms with E-state index in [2.05, 4.69) is 6.92 Å². The summed E-state index contributed by atoms with van der Waals surface area (Å²) in [6.45, 7) is 6.04. The van der Waals surface area contributed by atoms with Gasteiger partial charge in [0.1, 0.15) is 11.6 Å². The number of amides is 3. The topological polar surface area (TPSA) is 90.4 Å². The average Bonchev–Trinajstić information content (AvgIpc) is 3.23. The van der Waals surface area contributed by atoms with Gasteiger partial charge in [0, 0.05) is 38.5 Å². The van der Waals surface area contributed by atoms with Crippen LogP contribution in [0.3, 0.4) is 0 Å². The Morgan fingerprint density at radius 3 is 2.36 bits per heavy atom. The number of nitrogens with zero attached hydrogens (tertiary/aromatic N) is 3. The predicted molar refractivity (Wildman–Crippen MR) is 149 cm³/mol. The van der Waals surface area contributed by atoms with E-state index in [-0.39, 0.29) is 24.3 Å². The number of rotatable bonds is 10. The van der Waals surface area contributed by atoms with Crippen LogP contribution in [0.2, 0.25) is 0 Å². The number of ether oxygens (including phenoxy) is 1. The van der Waals surface area contributed by atoms with Crippen LogP contribution in [0.5, 0.6) is 0 Å². The molecule has 5 rings (SSSR count). The SMILES string of the molecule is CCCCN1CC=C[C@]23O[C@@]4(CC)C=CCN(c5ccccc5)C(=O)[C@H]4[C@H]2C(=O)N(CCCCCO)C3C1=O. The first kappa shape index (κ1) is 27.6. The number of hydrogen-bond donors (Lipinski definition) is 1. The summed E-state index contributed by atoms with van der Waals surface area (Å²) >= 11 is 0. The molecule has 8 heteroatoms. The summed E-state index contributed by atoms with van der Waals surface area (Å²) in [4.78, 5) is 48.3. The molecular weight excluding hydrogens is 494 g/mol. The summed E-state index contributed by atoms with van der Waals surface area (Å²) in [6.07, 6.45) is 12.2. The Labute approximate surface area is 231 Å². The molecule has 210 valence electrons. The minimum Gasteiger partial charge on any atom is -0.396 e. The minimum absolute atomic E-state index is 0.0940. The molecule has 4 aliphatic rings. The molecule has 2 fully saturated rings. The van der Waals surface area contributed by atoms with Crippen molar-refractivity contribution in [2.24, 2.45) is 11.8 Å². The largest absolute Gasteiger partial charge is 0.396 e. The molecule has 1 N–H and O–H groups in total. The molecular formula is C31H41N3O5. The van der Waals surface area contributed by atoms with Crippen molar-refractivity contribution in [2.45, 2.75) is 69.6 Å². The van der Waals surface area contributed by atoms with Crippen LogP contribution in [-0.4, -0.2) is 82.7 Å². The molecule has 4 aliphatic heterocycles. The van der Waals surface area contributed by atoms with E-state index in [1.807, 2.05) is 66.5 Å². The Morgan fingerprint density at radius 1 is 0.872 bits per heavy atom. The van der Waals surface area contributed by atoms with Crippen LogP contribution in [0.25, 0.3) is 0 Å². The maximum absolute atomic E-state index is 14.4. The van der Waals surface area contributed by atoms with Crippen molar-refractivity contribution in [2.75, 3.05) is 37.7 Å². The molecule has 0 saturated carbocycles. The first-order valence-corrected chi connectivity index (χ1v) is 14.6. The molecule has 4 heterocycles. The molecule has 0 aliphatic carbocycles. The Hall–Kier alpha value is -2.97. The third-order valence-corrected chi connectivity index (χ3v) is 8.93. The van der Waals surface area contributed by atoms with Crippen LogP contribution in [0.4, 0.5) is 5.69 Å². The summed E-state index contributed by atoms with van der Waals surface area (Å²) in [5.74, 6) is -1.98. The van der Waals surface area contributed by atoms with Crippen molar-refractivity contribution < 1.29 is 24.2 Å². The van der Waals surface area contributed by atoms with Gasteiger partial charge in [-0.1, -0.05) is 62.8 Å². The van der Waals surface area contributed by atoms with Crippen LogP contribution in [-0.2, 0) is 19.1 Å². The third-order valence-electron chi connectivity index (χ3n) is 8.93.